The maximum atomic E-state index is 12.9. The number of nitrogens with zero attached hydrogens (tertiary/aromatic N) is 3. The van der Waals surface area contributed by atoms with Gasteiger partial charge in [0.2, 0.25) is 0 Å². The van der Waals surface area contributed by atoms with Gasteiger partial charge in [0.15, 0.2) is 0 Å². The normalized spacial score (nSPS) is 14.2. The van der Waals surface area contributed by atoms with E-state index in [1.165, 1.54) is 5.56 Å². The molecule has 3 rings (SSSR count). The molecule has 0 bridgehead atoms. The molecule has 2 aromatic rings. The SMILES string of the molecule is Cc1ccc(C(=O)N2CCN(c3ccc([N+](=O)[O-])c(NCC(C)C)c3)CC2)cc1C. The van der Waals surface area contributed by atoms with Gasteiger partial charge in [-0.2, -0.15) is 0 Å². The number of nitro benzene ring substituents is 1. The van der Waals surface area contributed by atoms with Crippen molar-refractivity contribution in [3.8, 4) is 0 Å². The molecule has 1 fully saturated rings. The molecule has 0 aromatic heterocycles. The van der Waals surface area contributed by atoms with Crippen molar-refractivity contribution in [1.29, 1.82) is 0 Å². The Kier molecular flexibility index (Phi) is 6.59. The maximum Gasteiger partial charge on any atom is 0.292 e. The summed E-state index contributed by atoms with van der Waals surface area (Å²) < 4.78 is 0. The van der Waals surface area contributed by atoms with Gasteiger partial charge in [-0.05, 0) is 55.2 Å². The molecule has 1 aliphatic rings. The van der Waals surface area contributed by atoms with Crippen LogP contribution in [0.1, 0.15) is 35.3 Å². The van der Waals surface area contributed by atoms with Crippen LogP contribution >= 0.6 is 0 Å². The lowest BCUT2D eigenvalue weighted by Gasteiger charge is -2.36. The number of carbonyl (C=O) groups is 1. The number of nitro groups is 1. The Morgan fingerprint density at radius 3 is 2.37 bits per heavy atom. The fourth-order valence-electron chi connectivity index (χ4n) is 3.56. The van der Waals surface area contributed by atoms with Crippen LogP contribution in [0, 0.1) is 29.9 Å². The lowest BCUT2D eigenvalue weighted by atomic mass is 10.1. The second-order valence-electron chi connectivity index (χ2n) is 8.31. The van der Waals surface area contributed by atoms with E-state index in [4.69, 9.17) is 0 Å². The summed E-state index contributed by atoms with van der Waals surface area (Å²) >= 11 is 0. The van der Waals surface area contributed by atoms with Gasteiger partial charge >= 0.3 is 0 Å². The number of piperazine rings is 1. The smallest absolute Gasteiger partial charge is 0.292 e. The molecule has 0 aliphatic carbocycles. The fourth-order valence-corrected chi connectivity index (χ4v) is 3.56. The summed E-state index contributed by atoms with van der Waals surface area (Å²) in [6, 6.07) is 11.0. The van der Waals surface area contributed by atoms with E-state index in [1.807, 2.05) is 43.0 Å². The molecule has 0 unspecified atom stereocenters. The van der Waals surface area contributed by atoms with Crippen molar-refractivity contribution in [2.45, 2.75) is 27.7 Å². The highest BCUT2D eigenvalue weighted by Crippen LogP contribution is 2.30. The first kappa shape index (κ1) is 21.6. The van der Waals surface area contributed by atoms with Crippen LogP contribution in [0.25, 0.3) is 0 Å². The average molecular weight is 411 g/mol. The van der Waals surface area contributed by atoms with Gasteiger partial charge in [-0.25, -0.2) is 0 Å². The zero-order chi connectivity index (χ0) is 21.8. The minimum Gasteiger partial charge on any atom is -0.379 e. The van der Waals surface area contributed by atoms with Gasteiger partial charge in [0.05, 0.1) is 4.92 Å². The van der Waals surface area contributed by atoms with Gasteiger partial charge in [-0.3, -0.25) is 14.9 Å². The molecule has 2 aromatic carbocycles. The van der Waals surface area contributed by atoms with E-state index in [1.54, 1.807) is 12.1 Å². The zero-order valence-corrected chi connectivity index (χ0v) is 18.1. The topological polar surface area (TPSA) is 78.7 Å². The molecule has 1 aliphatic heterocycles. The van der Waals surface area contributed by atoms with Gasteiger partial charge in [-0.1, -0.05) is 19.9 Å². The van der Waals surface area contributed by atoms with Crippen LogP contribution in [0.3, 0.4) is 0 Å². The summed E-state index contributed by atoms with van der Waals surface area (Å²) in [6.45, 7) is 11.5. The van der Waals surface area contributed by atoms with Crippen molar-refractivity contribution in [2.24, 2.45) is 5.92 Å². The van der Waals surface area contributed by atoms with Crippen LogP contribution in [0.4, 0.5) is 17.1 Å². The first-order valence-electron chi connectivity index (χ1n) is 10.4. The molecule has 0 saturated carbocycles. The van der Waals surface area contributed by atoms with Gasteiger partial charge in [0, 0.05) is 50.0 Å². The van der Waals surface area contributed by atoms with Crippen LogP contribution in [0.5, 0.6) is 0 Å². The molecule has 1 saturated heterocycles. The largest absolute Gasteiger partial charge is 0.379 e. The maximum absolute atomic E-state index is 12.9. The minimum absolute atomic E-state index is 0.0562. The molecule has 30 heavy (non-hydrogen) atoms. The summed E-state index contributed by atoms with van der Waals surface area (Å²) in [5.41, 5.74) is 4.58. The predicted molar refractivity (Wildman–Crippen MR) is 120 cm³/mol. The van der Waals surface area contributed by atoms with Crippen LogP contribution in [0.2, 0.25) is 0 Å². The molecule has 0 atom stereocenters. The summed E-state index contributed by atoms with van der Waals surface area (Å²) in [4.78, 5) is 27.9. The third kappa shape index (κ3) is 4.90. The van der Waals surface area contributed by atoms with Crippen LogP contribution in [-0.4, -0.2) is 48.5 Å². The monoisotopic (exact) mass is 410 g/mol. The molecule has 160 valence electrons. The Morgan fingerprint density at radius 1 is 1.07 bits per heavy atom. The number of nitrogens with one attached hydrogen (secondary N) is 1. The molecule has 7 heteroatoms. The summed E-state index contributed by atoms with van der Waals surface area (Å²) in [5, 5.41) is 14.6. The zero-order valence-electron chi connectivity index (χ0n) is 18.1. The molecule has 0 spiro atoms. The molecular weight excluding hydrogens is 380 g/mol. The van der Waals surface area contributed by atoms with Crippen molar-refractivity contribution in [1.82, 2.24) is 4.90 Å². The van der Waals surface area contributed by atoms with Gasteiger partial charge in [0.1, 0.15) is 5.69 Å². The minimum atomic E-state index is -0.355. The highest BCUT2D eigenvalue weighted by Gasteiger charge is 2.24. The number of hydrogen-bond donors (Lipinski definition) is 1. The fraction of sp³-hybridized carbons (Fsp3) is 0.435. The highest BCUT2D eigenvalue weighted by atomic mass is 16.6. The third-order valence-electron chi connectivity index (χ3n) is 5.56. The van der Waals surface area contributed by atoms with E-state index in [9.17, 15) is 14.9 Å². The number of anilines is 2. The van der Waals surface area contributed by atoms with Crippen molar-refractivity contribution >= 4 is 23.0 Å². The highest BCUT2D eigenvalue weighted by molar-refractivity contribution is 5.94. The lowest BCUT2D eigenvalue weighted by molar-refractivity contribution is -0.383. The summed E-state index contributed by atoms with van der Waals surface area (Å²) in [6.07, 6.45) is 0. The lowest BCUT2D eigenvalue weighted by Crippen LogP contribution is -2.48. The van der Waals surface area contributed by atoms with Crippen LogP contribution in [-0.2, 0) is 0 Å². The number of rotatable bonds is 6. The quantitative estimate of drug-likeness (QED) is 0.569. The number of amides is 1. The Morgan fingerprint density at radius 2 is 1.77 bits per heavy atom. The van der Waals surface area contributed by atoms with Gasteiger partial charge < -0.3 is 15.1 Å². The Bertz CT molecular complexity index is 934. The van der Waals surface area contributed by atoms with E-state index in [0.29, 0.717) is 44.3 Å². The second-order valence-corrected chi connectivity index (χ2v) is 8.31. The first-order valence-corrected chi connectivity index (χ1v) is 10.4. The molecular formula is C23H30N4O3. The number of carbonyl (C=O) groups excluding carboxylic acids is 1. The van der Waals surface area contributed by atoms with Crippen LogP contribution < -0.4 is 10.2 Å². The Hall–Kier alpha value is -3.09. The molecule has 0 radical (unpaired) electrons. The summed E-state index contributed by atoms with van der Waals surface area (Å²) in [5.74, 6) is 0.439. The predicted octanol–water partition coefficient (Wildman–Crippen LogP) is 4.24. The molecule has 1 N–H and O–H groups in total. The Labute approximate surface area is 177 Å². The van der Waals surface area contributed by atoms with E-state index in [-0.39, 0.29) is 16.5 Å². The van der Waals surface area contributed by atoms with E-state index in [2.05, 4.69) is 24.1 Å². The number of hydrogen-bond acceptors (Lipinski definition) is 5. The molecule has 1 heterocycles. The third-order valence-corrected chi connectivity index (χ3v) is 5.56. The van der Waals surface area contributed by atoms with Gasteiger partial charge in [0.25, 0.3) is 11.6 Å². The van der Waals surface area contributed by atoms with E-state index >= 15 is 0 Å². The molecule has 7 nitrogen and oxygen atoms in total. The van der Waals surface area contributed by atoms with Gasteiger partial charge in [-0.15, -0.1) is 0 Å². The van der Waals surface area contributed by atoms with Crippen molar-refractivity contribution in [2.75, 3.05) is 42.9 Å². The first-order chi connectivity index (χ1) is 14.3. The average Bonchev–Trinajstić information content (AvgIpc) is 2.73. The van der Waals surface area contributed by atoms with E-state index in [0.717, 1.165) is 16.8 Å². The van der Waals surface area contributed by atoms with Crippen molar-refractivity contribution in [3.05, 3.63) is 63.2 Å². The Balaban J connectivity index is 1.69. The van der Waals surface area contributed by atoms with Crippen LogP contribution in [0.15, 0.2) is 36.4 Å². The second kappa shape index (κ2) is 9.15. The standard InChI is InChI=1S/C23H30N4O3/c1-16(2)15-24-21-14-20(7-8-22(21)27(29)30)25-9-11-26(12-10-25)23(28)19-6-5-17(3)18(4)13-19/h5-8,13-14,16,24H,9-12,15H2,1-4H3. The van der Waals surface area contributed by atoms with Crippen molar-refractivity contribution in [3.63, 3.8) is 0 Å². The molecule has 1 amide bonds. The summed E-state index contributed by atoms with van der Waals surface area (Å²) in [7, 11) is 0. The number of aryl methyl sites for hydroxylation is 2. The van der Waals surface area contributed by atoms with E-state index < -0.39 is 0 Å². The number of benzene rings is 2. The van der Waals surface area contributed by atoms with Crippen molar-refractivity contribution < 1.29 is 9.72 Å².